The van der Waals surface area contributed by atoms with E-state index < -0.39 is 0 Å². The first-order chi connectivity index (χ1) is 16.3. The zero-order chi connectivity index (χ0) is 22.9. The van der Waals surface area contributed by atoms with Crippen LogP contribution in [0.4, 0.5) is 5.82 Å². The highest BCUT2D eigenvalue weighted by molar-refractivity contribution is 5.98. The highest BCUT2D eigenvalue weighted by Gasteiger charge is 2.24. The number of pyridine rings is 1. The summed E-state index contributed by atoms with van der Waals surface area (Å²) < 4.78 is 5.50. The van der Waals surface area contributed by atoms with Gasteiger partial charge in [-0.15, -0.1) is 0 Å². The summed E-state index contributed by atoms with van der Waals surface area (Å²) in [6, 6.07) is 22.6. The first-order valence-electron chi connectivity index (χ1n) is 11.7. The Kier molecular flexibility index (Phi) is 8.06. The number of nitrogens with zero attached hydrogens (tertiary/aromatic N) is 3. The summed E-state index contributed by atoms with van der Waals surface area (Å²) in [5.74, 6) is 0.624. The van der Waals surface area contributed by atoms with Gasteiger partial charge in [0, 0.05) is 32.4 Å². The summed E-state index contributed by atoms with van der Waals surface area (Å²) in [4.78, 5) is 17.6. The smallest absolute Gasteiger partial charge is 0.255 e. The van der Waals surface area contributed by atoms with Gasteiger partial charge in [0.25, 0.3) is 5.91 Å². The second-order valence-corrected chi connectivity index (χ2v) is 8.13. The number of hydrogen-bond acceptors (Lipinski definition) is 5. The molecule has 0 saturated carbocycles. The molecule has 4 rings (SSSR count). The van der Waals surface area contributed by atoms with Crippen molar-refractivity contribution in [1.82, 2.24) is 15.3 Å². The van der Waals surface area contributed by atoms with Crippen molar-refractivity contribution >= 4 is 11.7 Å². The van der Waals surface area contributed by atoms with Gasteiger partial charge in [-0.1, -0.05) is 61.5 Å². The average molecular weight is 445 g/mol. The van der Waals surface area contributed by atoms with Crippen LogP contribution < -0.4 is 10.3 Å². The van der Waals surface area contributed by atoms with Gasteiger partial charge in [0.1, 0.15) is 0 Å². The van der Waals surface area contributed by atoms with E-state index in [0.717, 1.165) is 32.5 Å². The van der Waals surface area contributed by atoms with Crippen LogP contribution >= 0.6 is 0 Å². The minimum Gasteiger partial charge on any atom is -0.379 e. The van der Waals surface area contributed by atoms with Gasteiger partial charge in [-0.25, -0.2) is 9.99 Å². The quantitative estimate of drug-likeness (QED) is 0.536. The average Bonchev–Trinajstić information content (AvgIpc) is 2.89. The Balaban J connectivity index is 1.38. The molecule has 1 aromatic heterocycles. The lowest BCUT2D eigenvalue weighted by Gasteiger charge is -2.38. The maximum Gasteiger partial charge on any atom is 0.255 e. The first-order valence-corrected chi connectivity index (χ1v) is 11.7. The number of ether oxygens (including phenoxy) is 1. The molecule has 6 heteroatoms. The van der Waals surface area contributed by atoms with E-state index in [1.165, 1.54) is 16.7 Å². The maximum atomic E-state index is 13.1. The fourth-order valence-electron chi connectivity index (χ4n) is 4.08. The van der Waals surface area contributed by atoms with Crippen molar-refractivity contribution in [3.63, 3.8) is 0 Å². The summed E-state index contributed by atoms with van der Waals surface area (Å²) in [5.41, 5.74) is 4.21. The minimum atomic E-state index is -0.0895. The van der Waals surface area contributed by atoms with E-state index >= 15 is 0 Å². The largest absolute Gasteiger partial charge is 0.379 e. The van der Waals surface area contributed by atoms with E-state index in [2.05, 4.69) is 63.6 Å². The van der Waals surface area contributed by atoms with E-state index in [9.17, 15) is 4.79 Å². The van der Waals surface area contributed by atoms with Crippen LogP contribution in [-0.4, -0.2) is 55.3 Å². The number of carbonyl (C=O) groups is 1. The Morgan fingerprint density at radius 1 is 1.00 bits per heavy atom. The van der Waals surface area contributed by atoms with Crippen LogP contribution in [0.5, 0.6) is 0 Å². The third-order valence-electron chi connectivity index (χ3n) is 5.80. The molecule has 2 aromatic carbocycles. The lowest BCUT2D eigenvalue weighted by Crippen LogP contribution is -2.50. The van der Waals surface area contributed by atoms with Gasteiger partial charge >= 0.3 is 0 Å². The summed E-state index contributed by atoms with van der Waals surface area (Å²) in [6.45, 7) is 6.51. The van der Waals surface area contributed by atoms with Gasteiger partial charge in [-0.2, -0.15) is 0 Å². The van der Waals surface area contributed by atoms with Crippen LogP contribution in [0.25, 0.3) is 11.1 Å². The number of hydrogen-bond donors (Lipinski definition) is 1. The number of anilines is 1. The van der Waals surface area contributed by atoms with Crippen LogP contribution in [0, 0.1) is 0 Å². The number of carbonyl (C=O) groups excluding carboxylic acids is 1. The summed E-state index contributed by atoms with van der Waals surface area (Å²) >= 11 is 0. The molecule has 1 fully saturated rings. The fraction of sp³-hybridized carbons (Fsp3) is 0.333. The highest BCUT2D eigenvalue weighted by atomic mass is 16.5. The number of hydrazine groups is 1. The van der Waals surface area contributed by atoms with Crippen molar-refractivity contribution in [2.75, 3.05) is 44.4 Å². The van der Waals surface area contributed by atoms with Crippen LogP contribution in [0.1, 0.15) is 29.3 Å². The van der Waals surface area contributed by atoms with Gasteiger partial charge in [0.05, 0.1) is 18.8 Å². The molecule has 0 radical (unpaired) electrons. The summed E-state index contributed by atoms with van der Waals surface area (Å²) in [7, 11) is 0. The van der Waals surface area contributed by atoms with Crippen LogP contribution in [0.15, 0.2) is 72.9 Å². The molecule has 2 heterocycles. The Hall–Kier alpha value is -3.22. The Bertz CT molecular complexity index is 1020. The molecule has 0 spiro atoms. The van der Waals surface area contributed by atoms with Crippen LogP contribution in [0.3, 0.4) is 0 Å². The number of nitrogens with one attached hydrogen (secondary N) is 1. The zero-order valence-corrected chi connectivity index (χ0v) is 19.2. The molecule has 172 valence electrons. The number of aromatic nitrogens is 1. The lowest BCUT2D eigenvalue weighted by atomic mass is 10.0. The van der Waals surface area contributed by atoms with Crippen molar-refractivity contribution in [2.24, 2.45) is 0 Å². The number of amides is 1. The topological polar surface area (TPSA) is 57.7 Å². The molecular weight excluding hydrogens is 412 g/mol. The van der Waals surface area contributed by atoms with E-state index in [-0.39, 0.29) is 5.91 Å². The van der Waals surface area contributed by atoms with Crippen LogP contribution in [0.2, 0.25) is 0 Å². The number of rotatable bonds is 9. The van der Waals surface area contributed by atoms with E-state index in [1.54, 1.807) is 6.20 Å². The predicted octanol–water partition coefficient (Wildman–Crippen LogP) is 4.18. The van der Waals surface area contributed by atoms with Crippen molar-refractivity contribution in [1.29, 1.82) is 0 Å². The van der Waals surface area contributed by atoms with Gasteiger partial charge in [-0.3, -0.25) is 9.80 Å². The Morgan fingerprint density at radius 3 is 2.45 bits per heavy atom. The maximum absolute atomic E-state index is 13.1. The SMILES string of the molecule is CCCN(c1ncccc1C(=O)NCCc1ccc(-c2ccccc2)cc1)N1CCOCC1. The molecule has 33 heavy (non-hydrogen) atoms. The van der Waals surface area contributed by atoms with E-state index in [4.69, 9.17) is 4.74 Å². The predicted molar refractivity (Wildman–Crippen MR) is 132 cm³/mol. The molecule has 0 atom stereocenters. The fourth-order valence-corrected chi connectivity index (χ4v) is 4.08. The Morgan fingerprint density at radius 2 is 1.73 bits per heavy atom. The minimum absolute atomic E-state index is 0.0895. The molecule has 1 saturated heterocycles. The zero-order valence-electron chi connectivity index (χ0n) is 19.2. The summed E-state index contributed by atoms with van der Waals surface area (Å²) in [6.07, 6.45) is 3.50. The molecule has 3 aromatic rings. The third-order valence-corrected chi connectivity index (χ3v) is 5.80. The van der Waals surface area contributed by atoms with E-state index in [1.807, 2.05) is 30.3 Å². The normalized spacial score (nSPS) is 14.1. The van der Waals surface area contributed by atoms with Gasteiger partial charge in [-0.05, 0) is 41.7 Å². The van der Waals surface area contributed by atoms with E-state index in [0.29, 0.717) is 31.1 Å². The first kappa shape index (κ1) is 23.0. The second-order valence-electron chi connectivity index (χ2n) is 8.13. The van der Waals surface area contributed by atoms with Crippen molar-refractivity contribution in [3.05, 3.63) is 84.1 Å². The molecule has 6 nitrogen and oxygen atoms in total. The third kappa shape index (κ3) is 5.97. The molecule has 1 amide bonds. The van der Waals surface area contributed by atoms with Gasteiger partial charge in [0.2, 0.25) is 0 Å². The molecule has 0 bridgehead atoms. The number of morpholine rings is 1. The molecule has 1 N–H and O–H groups in total. The van der Waals surface area contributed by atoms with Crippen molar-refractivity contribution in [3.8, 4) is 11.1 Å². The Labute approximate surface area is 196 Å². The van der Waals surface area contributed by atoms with Crippen molar-refractivity contribution < 1.29 is 9.53 Å². The molecule has 1 aliphatic heterocycles. The molecule has 1 aliphatic rings. The van der Waals surface area contributed by atoms with Crippen LogP contribution in [-0.2, 0) is 11.2 Å². The number of benzene rings is 2. The standard InChI is InChI=1S/C27H32N4O2/c1-2-17-31(30-18-20-33-21-19-30)26-25(9-6-15-28-26)27(32)29-16-14-22-10-12-24(13-11-22)23-7-4-3-5-8-23/h3-13,15H,2,14,16-21H2,1H3,(H,29,32). The lowest BCUT2D eigenvalue weighted by molar-refractivity contribution is 0.0311. The molecule has 0 aliphatic carbocycles. The highest BCUT2D eigenvalue weighted by Crippen LogP contribution is 2.21. The van der Waals surface area contributed by atoms with Gasteiger partial charge < -0.3 is 10.1 Å². The molecular formula is C27H32N4O2. The van der Waals surface area contributed by atoms with Crippen molar-refractivity contribution in [2.45, 2.75) is 19.8 Å². The van der Waals surface area contributed by atoms with Gasteiger partial charge in [0.15, 0.2) is 5.82 Å². The summed E-state index contributed by atoms with van der Waals surface area (Å²) in [5, 5.41) is 7.46. The second kappa shape index (κ2) is 11.6. The molecule has 0 unspecified atom stereocenters. The monoisotopic (exact) mass is 444 g/mol.